The van der Waals surface area contributed by atoms with Gasteiger partial charge in [-0.1, -0.05) is 90.1 Å². The smallest absolute Gasteiger partial charge is 0.162 e. The summed E-state index contributed by atoms with van der Waals surface area (Å²) in [5.74, 6) is 4.63. The molecule has 0 saturated heterocycles. The van der Waals surface area contributed by atoms with Gasteiger partial charge in [0, 0.05) is 57.7 Å². The lowest BCUT2D eigenvalue weighted by Gasteiger charge is -2.19. The van der Waals surface area contributed by atoms with Gasteiger partial charge in [0.05, 0.1) is 22.1 Å². The van der Waals surface area contributed by atoms with Crippen LogP contribution in [0.3, 0.4) is 0 Å². The number of para-hydroxylation sites is 2. The van der Waals surface area contributed by atoms with Gasteiger partial charge in [0.2, 0.25) is 0 Å². The summed E-state index contributed by atoms with van der Waals surface area (Å²) >= 11 is 0. The molecule has 5 heterocycles. The van der Waals surface area contributed by atoms with Crippen LogP contribution in [0.2, 0.25) is 0 Å². The highest BCUT2D eigenvalue weighted by Crippen LogP contribution is 2.39. The molecule has 5 aromatic heterocycles. The summed E-state index contributed by atoms with van der Waals surface area (Å²) in [6.07, 6.45) is 6.92. The molecular formula is C51H43N7O2. The van der Waals surface area contributed by atoms with E-state index >= 15 is 0 Å². The van der Waals surface area contributed by atoms with Gasteiger partial charge in [0.15, 0.2) is 5.82 Å². The predicted molar refractivity (Wildman–Crippen MR) is 240 cm³/mol. The first-order chi connectivity index (χ1) is 29.0. The molecule has 0 aliphatic rings. The summed E-state index contributed by atoms with van der Waals surface area (Å²) in [6, 6.07) is 43.4. The fourth-order valence-electron chi connectivity index (χ4n) is 7.92. The fraction of sp³-hybridized carbons (Fsp3) is 0.157. The van der Waals surface area contributed by atoms with Crippen LogP contribution in [0.1, 0.15) is 52.7 Å². The predicted octanol–water partition coefficient (Wildman–Crippen LogP) is 12.7. The first-order valence-electron chi connectivity index (χ1n) is 20.1. The monoisotopic (exact) mass is 785 g/mol. The molecule has 0 spiro atoms. The second kappa shape index (κ2) is 14.2. The van der Waals surface area contributed by atoms with E-state index in [2.05, 4.69) is 163 Å². The Labute approximate surface area is 348 Å². The number of aromatic nitrogens is 7. The molecule has 0 radical (unpaired) electrons. The van der Waals surface area contributed by atoms with Crippen LogP contribution in [0.5, 0.6) is 23.0 Å². The number of hydrogen-bond acceptors (Lipinski definition) is 7. The SMILES string of the molecule is CC(C)(C)c1ccc(-n2c3ccccc3c3ccc(Oc4cc(Oc5ccc6c7ccccc7n(-c7ccc(C(C)(C)C)cn7)c6c5)cc(-c5ncncn5)c4)cc32)nc1. The Balaban J connectivity index is 1.05. The van der Waals surface area contributed by atoms with Gasteiger partial charge in [0.1, 0.15) is 47.3 Å². The normalized spacial score (nSPS) is 12.2. The molecule has 0 aliphatic heterocycles. The van der Waals surface area contributed by atoms with E-state index in [1.807, 2.05) is 42.7 Å². The minimum absolute atomic E-state index is 0.00505. The average molecular weight is 786 g/mol. The van der Waals surface area contributed by atoms with Crippen LogP contribution in [0.4, 0.5) is 0 Å². The van der Waals surface area contributed by atoms with Crippen LogP contribution in [0.25, 0.3) is 66.6 Å². The molecule has 0 unspecified atom stereocenters. The van der Waals surface area contributed by atoms with Gasteiger partial charge in [0.25, 0.3) is 0 Å². The van der Waals surface area contributed by atoms with Crippen LogP contribution in [0, 0.1) is 0 Å². The van der Waals surface area contributed by atoms with Crippen molar-refractivity contribution in [3.63, 3.8) is 0 Å². The minimum atomic E-state index is -0.00505. The third-order valence-corrected chi connectivity index (χ3v) is 11.1. The Hall–Kier alpha value is -7.39. The first kappa shape index (κ1) is 36.9. The lowest BCUT2D eigenvalue weighted by atomic mass is 9.88. The number of nitrogens with zero attached hydrogens (tertiary/aromatic N) is 7. The number of hydrogen-bond donors (Lipinski definition) is 0. The molecule has 0 bridgehead atoms. The quantitative estimate of drug-likeness (QED) is 0.159. The van der Waals surface area contributed by atoms with E-state index in [-0.39, 0.29) is 10.8 Å². The van der Waals surface area contributed by atoms with Gasteiger partial charge < -0.3 is 9.47 Å². The molecular weight excluding hydrogens is 743 g/mol. The second-order valence-corrected chi connectivity index (χ2v) is 17.2. The summed E-state index contributed by atoms with van der Waals surface area (Å²) in [4.78, 5) is 22.8. The van der Waals surface area contributed by atoms with E-state index in [1.165, 1.54) is 23.8 Å². The first-order valence-corrected chi connectivity index (χ1v) is 20.1. The maximum absolute atomic E-state index is 6.70. The molecule has 0 amide bonds. The largest absolute Gasteiger partial charge is 0.457 e. The van der Waals surface area contributed by atoms with E-state index in [1.54, 1.807) is 0 Å². The Morgan fingerprint density at radius 1 is 0.417 bits per heavy atom. The third kappa shape index (κ3) is 6.67. The Morgan fingerprint density at radius 3 is 1.30 bits per heavy atom. The van der Waals surface area contributed by atoms with Crippen molar-refractivity contribution in [1.82, 2.24) is 34.1 Å². The summed E-state index contributed by atoms with van der Waals surface area (Å²) in [6.45, 7) is 13.2. The molecule has 10 rings (SSSR count). The lowest BCUT2D eigenvalue weighted by molar-refractivity contribution is 0.461. The summed E-state index contributed by atoms with van der Waals surface area (Å²) < 4.78 is 17.8. The fourth-order valence-corrected chi connectivity index (χ4v) is 7.92. The molecule has 60 heavy (non-hydrogen) atoms. The zero-order chi connectivity index (χ0) is 41.2. The highest BCUT2D eigenvalue weighted by Gasteiger charge is 2.20. The number of benzene rings is 5. The standard InChI is InChI=1S/C51H43N7O2/c1-50(2,3)33-15-21-47(53-28-33)57-43-13-9-7-11-39(43)41-19-17-35(26-45(41)57)59-37-23-32(49-55-30-52-31-56-49)24-38(25-37)60-36-18-20-42-40-12-8-10-14-44(40)58(46(42)27-36)48-22-16-34(29-54-48)51(4,5)6/h7-31H,1-6H3. The van der Waals surface area contributed by atoms with E-state index < -0.39 is 0 Å². The van der Waals surface area contributed by atoms with Gasteiger partial charge >= 0.3 is 0 Å². The van der Waals surface area contributed by atoms with Gasteiger partial charge in [-0.15, -0.1) is 0 Å². The maximum Gasteiger partial charge on any atom is 0.162 e. The van der Waals surface area contributed by atoms with Crippen molar-refractivity contribution < 1.29 is 9.47 Å². The van der Waals surface area contributed by atoms with Crippen molar-refractivity contribution in [3.05, 3.63) is 164 Å². The average Bonchev–Trinajstić information content (AvgIpc) is 3.75. The van der Waals surface area contributed by atoms with Crippen LogP contribution in [0.15, 0.2) is 152 Å². The van der Waals surface area contributed by atoms with E-state index in [0.717, 1.165) is 60.8 Å². The van der Waals surface area contributed by atoms with Crippen molar-refractivity contribution >= 4 is 43.6 Å². The van der Waals surface area contributed by atoms with E-state index in [0.29, 0.717) is 28.8 Å². The summed E-state index contributed by atoms with van der Waals surface area (Å²) in [7, 11) is 0. The van der Waals surface area contributed by atoms with Crippen molar-refractivity contribution in [1.29, 1.82) is 0 Å². The summed E-state index contributed by atoms with van der Waals surface area (Å²) in [5.41, 5.74) is 7.19. The number of fused-ring (bicyclic) bond motifs is 6. The Bertz CT molecular complexity index is 3010. The molecule has 9 nitrogen and oxygen atoms in total. The van der Waals surface area contributed by atoms with Gasteiger partial charge in [-0.25, -0.2) is 24.9 Å². The molecule has 0 fully saturated rings. The van der Waals surface area contributed by atoms with Crippen LogP contribution >= 0.6 is 0 Å². The number of rotatable bonds is 7. The van der Waals surface area contributed by atoms with E-state index in [4.69, 9.17) is 19.4 Å². The van der Waals surface area contributed by atoms with Crippen LogP contribution in [-0.4, -0.2) is 34.1 Å². The molecule has 9 heteroatoms. The Morgan fingerprint density at radius 2 is 0.867 bits per heavy atom. The number of ether oxygens (including phenoxy) is 2. The molecule has 5 aromatic carbocycles. The molecule has 0 atom stereocenters. The van der Waals surface area contributed by atoms with Crippen molar-refractivity contribution in [2.45, 2.75) is 52.4 Å². The summed E-state index contributed by atoms with van der Waals surface area (Å²) in [5, 5.41) is 4.50. The number of pyridine rings is 2. The van der Waals surface area contributed by atoms with Gasteiger partial charge in [-0.05, 0) is 82.6 Å². The van der Waals surface area contributed by atoms with Crippen molar-refractivity contribution in [2.24, 2.45) is 0 Å². The minimum Gasteiger partial charge on any atom is -0.457 e. The zero-order valence-corrected chi connectivity index (χ0v) is 34.4. The molecule has 0 saturated carbocycles. The zero-order valence-electron chi connectivity index (χ0n) is 34.4. The Kier molecular flexibility index (Phi) is 8.71. The topological polar surface area (TPSA) is 92.8 Å². The highest BCUT2D eigenvalue weighted by atomic mass is 16.5. The molecule has 294 valence electrons. The third-order valence-electron chi connectivity index (χ3n) is 11.1. The second-order valence-electron chi connectivity index (χ2n) is 17.2. The highest BCUT2D eigenvalue weighted by molar-refractivity contribution is 6.10. The van der Waals surface area contributed by atoms with Gasteiger partial charge in [-0.3, -0.25) is 9.13 Å². The van der Waals surface area contributed by atoms with E-state index in [9.17, 15) is 0 Å². The molecule has 0 N–H and O–H groups in total. The van der Waals surface area contributed by atoms with Crippen molar-refractivity contribution in [3.8, 4) is 46.0 Å². The van der Waals surface area contributed by atoms with Crippen LogP contribution < -0.4 is 9.47 Å². The van der Waals surface area contributed by atoms with Crippen molar-refractivity contribution in [2.75, 3.05) is 0 Å². The molecule has 0 aliphatic carbocycles. The van der Waals surface area contributed by atoms with Crippen LogP contribution in [-0.2, 0) is 10.8 Å². The molecule has 10 aromatic rings. The lowest BCUT2D eigenvalue weighted by Crippen LogP contribution is -2.11. The maximum atomic E-state index is 6.70. The van der Waals surface area contributed by atoms with Gasteiger partial charge in [-0.2, -0.15) is 0 Å².